The van der Waals surface area contributed by atoms with Crippen molar-refractivity contribution in [2.75, 3.05) is 25.1 Å². The summed E-state index contributed by atoms with van der Waals surface area (Å²) < 4.78 is 10.3. The minimum absolute atomic E-state index is 0.232. The summed E-state index contributed by atoms with van der Waals surface area (Å²) in [4.78, 5) is 17.4. The van der Waals surface area contributed by atoms with Crippen LogP contribution in [0.3, 0.4) is 0 Å². The van der Waals surface area contributed by atoms with E-state index in [1.54, 1.807) is 0 Å². The molecule has 0 amide bonds. The SMILES string of the molecule is CCN(CCC(=O)OC)c1nc2ccccc2o1. The maximum Gasteiger partial charge on any atom is 0.307 e. The monoisotopic (exact) mass is 248 g/mol. The predicted molar refractivity (Wildman–Crippen MR) is 68.5 cm³/mol. The zero-order valence-corrected chi connectivity index (χ0v) is 10.5. The van der Waals surface area contributed by atoms with Gasteiger partial charge in [0.25, 0.3) is 6.01 Å². The van der Waals surface area contributed by atoms with Gasteiger partial charge >= 0.3 is 5.97 Å². The molecular formula is C13H16N2O3. The van der Waals surface area contributed by atoms with E-state index >= 15 is 0 Å². The van der Waals surface area contributed by atoms with Gasteiger partial charge in [-0.1, -0.05) is 12.1 Å². The summed E-state index contributed by atoms with van der Waals surface area (Å²) in [6.07, 6.45) is 0.322. The summed E-state index contributed by atoms with van der Waals surface area (Å²) >= 11 is 0. The number of hydrogen-bond acceptors (Lipinski definition) is 5. The highest BCUT2D eigenvalue weighted by Gasteiger charge is 2.13. The molecule has 0 saturated heterocycles. The van der Waals surface area contributed by atoms with E-state index in [1.807, 2.05) is 36.1 Å². The summed E-state index contributed by atoms with van der Waals surface area (Å²) in [5, 5.41) is 0. The Morgan fingerprint density at radius 2 is 2.22 bits per heavy atom. The minimum atomic E-state index is -0.232. The summed E-state index contributed by atoms with van der Waals surface area (Å²) in [5.74, 6) is -0.232. The molecule has 96 valence electrons. The van der Waals surface area contributed by atoms with Crippen LogP contribution < -0.4 is 4.90 Å². The molecule has 5 heteroatoms. The van der Waals surface area contributed by atoms with Crippen LogP contribution in [0.5, 0.6) is 0 Å². The van der Waals surface area contributed by atoms with E-state index in [4.69, 9.17) is 4.42 Å². The molecule has 1 aromatic carbocycles. The average molecular weight is 248 g/mol. The molecule has 0 saturated carbocycles. The predicted octanol–water partition coefficient (Wildman–Crippen LogP) is 2.22. The zero-order chi connectivity index (χ0) is 13.0. The number of fused-ring (bicyclic) bond motifs is 1. The molecule has 0 radical (unpaired) electrons. The number of rotatable bonds is 5. The number of hydrogen-bond donors (Lipinski definition) is 0. The van der Waals surface area contributed by atoms with Gasteiger partial charge in [0.2, 0.25) is 0 Å². The second-order valence-electron chi connectivity index (χ2n) is 3.87. The van der Waals surface area contributed by atoms with Crippen LogP contribution in [0.4, 0.5) is 6.01 Å². The second-order valence-corrected chi connectivity index (χ2v) is 3.87. The van der Waals surface area contributed by atoms with Crippen LogP contribution in [0.25, 0.3) is 11.1 Å². The molecule has 2 aromatic rings. The number of oxazole rings is 1. The van der Waals surface area contributed by atoms with Gasteiger partial charge in [0.1, 0.15) is 5.52 Å². The minimum Gasteiger partial charge on any atom is -0.469 e. The molecule has 0 aliphatic carbocycles. The Hall–Kier alpha value is -2.04. The molecule has 2 rings (SSSR count). The number of carbonyl (C=O) groups excluding carboxylic acids is 1. The molecule has 0 aliphatic rings. The molecule has 0 spiro atoms. The first-order chi connectivity index (χ1) is 8.74. The highest BCUT2D eigenvalue weighted by Crippen LogP contribution is 2.21. The molecule has 0 N–H and O–H groups in total. The van der Waals surface area contributed by atoms with Gasteiger partial charge < -0.3 is 14.1 Å². The molecule has 5 nitrogen and oxygen atoms in total. The van der Waals surface area contributed by atoms with E-state index < -0.39 is 0 Å². The molecule has 0 bridgehead atoms. The van der Waals surface area contributed by atoms with Crippen LogP contribution in [-0.4, -0.2) is 31.2 Å². The van der Waals surface area contributed by atoms with Crippen molar-refractivity contribution in [3.05, 3.63) is 24.3 Å². The fourth-order valence-electron chi connectivity index (χ4n) is 1.71. The zero-order valence-electron chi connectivity index (χ0n) is 10.5. The van der Waals surface area contributed by atoms with Crippen molar-refractivity contribution in [3.63, 3.8) is 0 Å². The van der Waals surface area contributed by atoms with E-state index in [2.05, 4.69) is 9.72 Å². The lowest BCUT2D eigenvalue weighted by molar-refractivity contribution is -0.140. The molecule has 0 aliphatic heterocycles. The van der Waals surface area contributed by atoms with E-state index in [-0.39, 0.29) is 5.97 Å². The van der Waals surface area contributed by atoms with Crippen molar-refractivity contribution < 1.29 is 13.9 Å². The first-order valence-corrected chi connectivity index (χ1v) is 5.92. The van der Waals surface area contributed by atoms with Gasteiger partial charge in [0, 0.05) is 13.1 Å². The normalized spacial score (nSPS) is 10.6. The number of benzene rings is 1. The Morgan fingerprint density at radius 3 is 2.89 bits per heavy atom. The van der Waals surface area contributed by atoms with Crippen molar-refractivity contribution in [3.8, 4) is 0 Å². The van der Waals surface area contributed by atoms with Gasteiger partial charge in [-0.15, -0.1) is 0 Å². The Labute approximate surface area is 105 Å². The molecule has 0 atom stereocenters. The van der Waals surface area contributed by atoms with Gasteiger partial charge in [0.05, 0.1) is 13.5 Å². The van der Waals surface area contributed by atoms with Crippen molar-refractivity contribution in [2.45, 2.75) is 13.3 Å². The summed E-state index contributed by atoms with van der Waals surface area (Å²) in [7, 11) is 1.39. The Bertz CT molecular complexity index is 503. The van der Waals surface area contributed by atoms with Crippen LogP contribution in [0.2, 0.25) is 0 Å². The number of nitrogens with zero attached hydrogens (tertiary/aromatic N) is 2. The molecule has 1 heterocycles. The van der Waals surface area contributed by atoms with Gasteiger partial charge in [-0.25, -0.2) is 0 Å². The second kappa shape index (κ2) is 5.53. The number of anilines is 1. The van der Waals surface area contributed by atoms with Crippen molar-refractivity contribution in [1.82, 2.24) is 4.98 Å². The van der Waals surface area contributed by atoms with Crippen molar-refractivity contribution in [1.29, 1.82) is 0 Å². The third-order valence-corrected chi connectivity index (χ3v) is 2.75. The Kier molecular flexibility index (Phi) is 3.82. The number of aromatic nitrogens is 1. The topological polar surface area (TPSA) is 55.6 Å². The third kappa shape index (κ3) is 2.61. The summed E-state index contributed by atoms with van der Waals surface area (Å²) in [5.41, 5.74) is 1.58. The number of methoxy groups -OCH3 is 1. The molecular weight excluding hydrogens is 232 g/mol. The van der Waals surface area contributed by atoms with Crippen molar-refractivity contribution in [2.24, 2.45) is 0 Å². The smallest absolute Gasteiger partial charge is 0.307 e. The largest absolute Gasteiger partial charge is 0.469 e. The van der Waals surface area contributed by atoms with E-state index in [9.17, 15) is 4.79 Å². The first-order valence-electron chi connectivity index (χ1n) is 5.92. The van der Waals surface area contributed by atoms with Gasteiger partial charge in [0.15, 0.2) is 5.58 Å². The van der Waals surface area contributed by atoms with Crippen LogP contribution >= 0.6 is 0 Å². The molecule has 18 heavy (non-hydrogen) atoms. The van der Waals surface area contributed by atoms with Gasteiger partial charge in [-0.2, -0.15) is 4.98 Å². The molecule has 0 fully saturated rings. The number of para-hydroxylation sites is 2. The fraction of sp³-hybridized carbons (Fsp3) is 0.385. The highest BCUT2D eigenvalue weighted by atomic mass is 16.5. The average Bonchev–Trinajstić information content (AvgIpc) is 2.82. The maximum atomic E-state index is 11.1. The summed E-state index contributed by atoms with van der Waals surface area (Å²) in [6, 6.07) is 8.14. The lowest BCUT2D eigenvalue weighted by Gasteiger charge is -2.17. The third-order valence-electron chi connectivity index (χ3n) is 2.75. The Morgan fingerprint density at radius 1 is 1.44 bits per heavy atom. The van der Waals surface area contributed by atoms with Crippen LogP contribution in [0.1, 0.15) is 13.3 Å². The standard InChI is InChI=1S/C13H16N2O3/c1-3-15(9-8-12(16)17-2)13-14-10-6-4-5-7-11(10)18-13/h4-7H,3,8-9H2,1-2H3. The summed E-state index contributed by atoms with van der Waals surface area (Å²) in [6.45, 7) is 3.26. The Balaban J connectivity index is 2.14. The number of ether oxygens (including phenoxy) is 1. The first kappa shape index (κ1) is 12.4. The van der Waals surface area contributed by atoms with Crippen LogP contribution in [0.15, 0.2) is 28.7 Å². The van der Waals surface area contributed by atoms with E-state index in [1.165, 1.54) is 7.11 Å². The highest BCUT2D eigenvalue weighted by molar-refractivity contribution is 5.74. The van der Waals surface area contributed by atoms with E-state index in [0.29, 0.717) is 19.0 Å². The van der Waals surface area contributed by atoms with Crippen LogP contribution in [0, 0.1) is 0 Å². The molecule has 1 aromatic heterocycles. The van der Waals surface area contributed by atoms with Crippen LogP contribution in [-0.2, 0) is 9.53 Å². The lowest BCUT2D eigenvalue weighted by atomic mass is 10.3. The lowest BCUT2D eigenvalue weighted by Crippen LogP contribution is -2.26. The number of carbonyl (C=O) groups is 1. The number of esters is 1. The fourth-order valence-corrected chi connectivity index (χ4v) is 1.71. The van der Waals surface area contributed by atoms with Gasteiger partial charge in [-0.3, -0.25) is 4.79 Å². The van der Waals surface area contributed by atoms with Gasteiger partial charge in [-0.05, 0) is 19.1 Å². The maximum absolute atomic E-state index is 11.1. The van der Waals surface area contributed by atoms with Crippen molar-refractivity contribution >= 4 is 23.1 Å². The molecule has 0 unspecified atom stereocenters. The van der Waals surface area contributed by atoms with E-state index in [0.717, 1.165) is 17.6 Å². The quantitative estimate of drug-likeness (QED) is 0.759.